The zero-order valence-corrected chi connectivity index (χ0v) is 17.7. The molecule has 0 aliphatic carbocycles. The van der Waals surface area contributed by atoms with Crippen LogP contribution in [0.25, 0.3) is 0 Å². The molecule has 0 aromatic heterocycles. The van der Waals surface area contributed by atoms with Gasteiger partial charge in [0.15, 0.2) is 5.12 Å². The predicted octanol–water partition coefficient (Wildman–Crippen LogP) is 3.46. The zero-order valence-electron chi connectivity index (χ0n) is 16.9. The molecule has 5 nitrogen and oxygen atoms in total. The van der Waals surface area contributed by atoms with E-state index in [9.17, 15) is 14.4 Å². The molecule has 0 spiro atoms. The summed E-state index contributed by atoms with van der Waals surface area (Å²) >= 11 is 1.30. The van der Waals surface area contributed by atoms with Gasteiger partial charge in [-0.05, 0) is 29.4 Å². The Bertz CT molecular complexity index is 621. The lowest BCUT2D eigenvalue weighted by molar-refractivity contribution is -0.122. The highest BCUT2D eigenvalue weighted by atomic mass is 32.2. The van der Waals surface area contributed by atoms with E-state index in [1.54, 1.807) is 6.92 Å². The molecule has 0 aliphatic rings. The summed E-state index contributed by atoms with van der Waals surface area (Å²) in [5.41, 5.74) is 2.20. The van der Waals surface area contributed by atoms with Crippen LogP contribution in [0.5, 0.6) is 0 Å². The van der Waals surface area contributed by atoms with Crippen molar-refractivity contribution in [3.8, 4) is 0 Å². The van der Waals surface area contributed by atoms with Crippen molar-refractivity contribution in [3.05, 3.63) is 35.4 Å². The molecule has 150 valence electrons. The first-order valence-electron chi connectivity index (χ1n) is 9.40. The molecule has 0 heterocycles. The number of hydrogen-bond acceptors (Lipinski definition) is 4. The molecule has 1 rings (SSSR count). The minimum Gasteiger partial charge on any atom is -0.356 e. The Morgan fingerprint density at radius 1 is 0.926 bits per heavy atom. The van der Waals surface area contributed by atoms with Crippen molar-refractivity contribution in [2.75, 3.05) is 13.1 Å². The Kier molecular flexibility index (Phi) is 10.1. The summed E-state index contributed by atoms with van der Waals surface area (Å²) in [5, 5.41) is 5.88. The van der Waals surface area contributed by atoms with E-state index in [4.69, 9.17) is 0 Å². The van der Waals surface area contributed by atoms with Crippen molar-refractivity contribution in [1.82, 2.24) is 10.6 Å². The fourth-order valence-corrected chi connectivity index (χ4v) is 2.98. The normalized spacial score (nSPS) is 11.1. The highest BCUT2D eigenvalue weighted by Crippen LogP contribution is 2.17. The Hall–Kier alpha value is -1.82. The Morgan fingerprint density at radius 3 is 2.04 bits per heavy atom. The van der Waals surface area contributed by atoms with Gasteiger partial charge in [-0.1, -0.05) is 56.8 Å². The largest absolute Gasteiger partial charge is 0.356 e. The van der Waals surface area contributed by atoms with Gasteiger partial charge in [0.25, 0.3) is 0 Å². The topological polar surface area (TPSA) is 75.3 Å². The molecule has 1 aromatic rings. The first-order chi connectivity index (χ1) is 12.7. The van der Waals surface area contributed by atoms with Gasteiger partial charge in [-0.2, -0.15) is 0 Å². The van der Waals surface area contributed by atoms with Crippen LogP contribution >= 0.6 is 11.8 Å². The summed E-state index contributed by atoms with van der Waals surface area (Å²) in [6, 6.07) is 8.02. The molecule has 0 aliphatic heterocycles. The van der Waals surface area contributed by atoms with Gasteiger partial charge in [0.1, 0.15) is 0 Å². The van der Waals surface area contributed by atoms with Gasteiger partial charge < -0.3 is 10.6 Å². The molecule has 0 fully saturated rings. The van der Waals surface area contributed by atoms with E-state index in [1.807, 2.05) is 45.0 Å². The van der Waals surface area contributed by atoms with Crippen LogP contribution in [0.4, 0.5) is 0 Å². The maximum Gasteiger partial charge on any atom is 0.220 e. The van der Waals surface area contributed by atoms with Crippen LogP contribution in [0.2, 0.25) is 0 Å². The summed E-state index contributed by atoms with van der Waals surface area (Å²) in [6.07, 6.45) is 2.36. The van der Waals surface area contributed by atoms with Gasteiger partial charge in [0, 0.05) is 38.6 Å². The van der Waals surface area contributed by atoms with Crippen LogP contribution in [0.15, 0.2) is 24.3 Å². The average Bonchev–Trinajstić information content (AvgIpc) is 2.57. The number of amides is 2. The van der Waals surface area contributed by atoms with Crippen LogP contribution in [0, 0.1) is 5.41 Å². The molecule has 0 radical (unpaired) electrons. The number of benzene rings is 1. The van der Waals surface area contributed by atoms with Crippen molar-refractivity contribution in [2.24, 2.45) is 5.41 Å². The smallest absolute Gasteiger partial charge is 0.220 e. The second kappa shape index (κ2) is 11.8. The lowest BCUT2D eigenvalue weighted by atomic mass is 9.92. The fourth-order valence-electron chi connectivity index (χ4n) is 2.42. The van der Waals surface area contributed by atoms with Crippen LogP contribution in [-0.4, -0.2) is 30.0 Å². The van der Waals surface area contributed by atoms with Crippen molar-refractivity contribution < 1.29 is 14.4 Å². The van der Waals surface area contributed by atoms with E-state index in [0.29, 0.717) is 38.1 Å². The summed E-state index contributed by atoms with van der Waals surface area (Å²) in [5.74, 6) is 0.758. The fraction of sp³-hybridized carbons (Fsp3) is 0.571. The van der Waals surface area contributed by atoms with Gasteiger partial charge in [0.05, 0.1) is 0 Å². The van der Waals surface area contributed by atoms with Crippen LogP contribution in [0.3, 0.4) is 0 Å². The third-order valence-electron chi connectivity index (χ3n) is 3.79. The van der Waals surface area contributed by atoms with Gasteiger partial charge in [-0.25, -0.2) is 0 Å². The number of carbonyl (C=O) groups excluding carboxylic acids is 3. The van der Waals surface area contributed by atoms with E-state index in [1.165, 1.54) is 11.8 Å². The molecule has 0 saturated carbocycles. The number of nitrogens with one attached hydrogen (secondary N) is 2. The summed E-state index contributed by atoms with van der Waals surface area (Å²) in [7, 11) is 0. The Balaban J connectivity index is 2.15. The molecular weight excluding hydrogens is 360 g/mol. The first-order valence-corrected chi connectivity index (χ1v) is 10.4. The molecule has 6 heteroatoms. The standard InChI is InChI=1S/C21H32N2O3S/c1-16(24)27-15-18-8-6-17(7-9-18)10-11-19(25)22-12-5-13-23-20(26)14-21(2,3)4/h6-9H,5,10-15H2,1-4H3,(H,22,25)(H,23,26). The van der Waals surface area contributed by atoms with E-state index in [-0.39, 0.29) is 22.3 Å². The summed E-state index contributed by atoms with van der Waals surface area (Å²) in [4.78, 5) is 34.6. The number of carbonyl (C=O) groups is 3. The number of thioether (sulfide) groups is 1. The molecule has 1 aromatic carbocycles. The Labute approximate surface area is 167 Å². The molecule has 27 heavy (non-hydrogen) atoms. The maximum atomic E-state index is 11.9. The van der Waals surface area contributed by atoms with Crippen molar-refractivity contribution in [2.45, 2.75) is 59.1 Å². The van der Waals surface area contributed by atoms with Gasteiger partial charge in [-0.3, -0.25) is 14.4 Å². The van der Waals surface area contributed by atoms with Crippen molar-refractivity contribution in [1.29, 1.82) is 0 Å². The van der Waals surface area contributed by atoms with Crippen molar-refractivity contribution >= 4 is 28.7 Å². The Morgan fingerprint density at radius 2 is 1.48 bits per heavy atom. The number of aryl methyl sites for hydroxylation is 1. The molecule has 2 N–H and O–H groups in total. The maximum absolute atomic E-state index is 11.9. The molecule has 2 amide bonds. The molecule has 0 unspecified atom stereocenters. The zero-order chi connectivity index (χ0) is 20.3. The molecule has 0 saturated heterocycles. The quantitative estimate of drug-likeness (QED) is 0.598. The second-order valence-corrected chi connectivity index (χ2v) is 9.04. The number of rotatable bonds is 10. The predicted molar refractivity (Wildman–Crippen MR) is 111 cm³/mol. The van der Waals surface area contributed by atoms with Crippen LogP contribution in [-0.2, 0) is 26.6 Å². The number of hydrogen-bond donors (Lipinski definition) is 2. The third kappa shape index (κ3) is 12.2. The van der Waals surface area contributed by atoms with E-state index >= 15 is 0 Å². The monoisotopic (exact) mass is 392 g/mol. The summed E-state index contributed by atoms with van der Waals surface area (Å²) < 4.78 is 0. The molecule has 0 bridgehead atoms. The highest BCUT2D eigenvalue weighted by Gasteiger charge is 2.15. The third-order valence-corrected chi connectivity index (χ3v) is 4.68. The van der Waals surface area contributed by atoms with Gasteiger partial charge in [0.2, 0.25) is 11.8 Å². The lowest BCUT2D eigenvalue weighted by Crippen LogP contribution is -2.31. The van der Waals surface area contributed by atoms with Gasteiger partial charge >= 0.3 is 0 Å². The first kappa shape index (κ1) is 23.2. The SMILES string of the molecule is CC(=O)SCc1ccc(CCC(=O)NCCCNC(=O)CC(C)(C)C)cc1. The molecular formula is C21H32N2O3S. The second-order valence-electron chi connectivity index (χ2n) is 7.89. The minimum absolute atomic E-state index is 0.0111. The van der Waals surface area contributed by atoms with E-state index < -0.39 is 0 Å². The average molecular weight is 393 g/mol. The minimum atomic E-state index is -0.0111. The van der Waals surface area contributed by atoms with E-state index in [0.717, 1.165) is 17.5 Å². The highest BCUT2D eigenvalue weighted by molar-refractivity contribution is 8.12. The van der Waals surface area contributed by atoms with E-state index in [2.05, 4.69) is 10.6 Å². The molecule has 0 atom stereocenters. The summed E-state index contributed by atoms with van der Waals surface area (Å²) in [6.45, 7) is 8.81. The van der Waals surface area contributed by atoms with Crippen molar-refractivity contribution in [3.63, 3.8) is 0 Å². The lowest BCUT2D eigenvalue weighted by Gasteiger charge is -2.17. The van der Waals surface area contributed by atoms with Crippen LogP contribution < -0.4 is 10.6 Å². The van der Waals surface area contributed by atoms with Crippen LogP contribution in [0.1, 0.15) is 58.1 Å². The van der Waals surface area contributed by atoms with Gasteiger partial charge in [-0.15, -0.1) is 0 Å².